The van der Waals surface area contributed by atoms with E-state index in [4.69, 9.17) is 11.6 Å². The summed E-state index contributed by atoms with van der Waals surface area (Å²) in [5.74, 6) is 0. The molecular weight excluding hydrogens is 272 g/mol. The van der Waals surface area contributed by atoms with E-state index in [0.717, 1.165) is 6.42 Å². The second-order valence-corrected chi connectivity index (χ2v) is 6.88. The van der Waals surface area contributed by atoms with Crippen LogP contribution in [-0.2, 0) is 6.42 Å². The van der Waals surface area contributed by atoms with E-state index in [1.54, 1.807) is 0 Å². The van der Waals surface area contributed by atoms with E-state index in [1.807, 2.05) is 17.8 Å². The molecule has 19 heavy (non-hydrogen) atoms. The minimum absolute atomic E-state index is 0.144. The molecule has 2 aromatic rings. The molecule has 0 N–H and O–H groups in total. The van der Waals surface area contributed by atoms with Crippen molar-refractivity contribution in [3.8, 4) is 0 Å². The van der Waals surface area contributed by atoms with Crippen molar-refractivity contribution in [3.63, 3.8) is 0 Å². The summed E-state index contributed by atoms with van der Waals surface area (Å²) in [6.45, 7) is 0. The lowest BCUT2D eigenvalue weighted by Crippen LogP contribution is -2.02. The third-order valence-corrected chi connectivity index (χ3v) is 5.48. The van der Waals surface area contributed by atoms with Gasteiger partial charge in [0.15, 0.2) is 0 Å². The van der Waals surface area contributed by atoms with Crippen LogP contribution in [0, 0.1) is 0 Å². The summed E-state index contributed by atoms with van der Waals surface area (Å²) in [5.41, 5.74) is 2.74. The standard InChI is InChI=1S/C17H17ClS/c18-16(13-6-2-1-3-7-13)11-10-15-12-14-8-4-5-9-17(14)19-15/h1-9,15-16H,10-12H2. The van der Waals surface area contributed by atoms with Crippen LogP contribution in [0.4, 0.5) is 0 Å². The van der Waals surface area contributed by atoms with Crippen LogP contribution in [0.5, 0.6) is 0 Å². The Labute approximate surface area is 124 Å². The Hall–Kier alpha value is -0.920. The van der Waals surface area contributed by atoms with Gasteiger partial charge in [0, 0.05) is 10.1 Å². The van der Waals surface area contributed by atoms with Gasteiger partial charge in [0.05, 0.1) is 5.38 Å². The van der Waals surface area contributed by atoms with Gasteiger partial charge in [-0.3, -0.25) is 0 Å². The molecule has 0 spiro atoms. The Morgan fingerprint density at radius 2 is 1.79 bits per heavy atom. The molecule has 2 aromatic carbocycles. The molecule has 0 aromatic heterocycles. The van der Waals surface area contributed by atoms with Gasteiger partial charge < -0.3 is 0 Å². The van der Waals surface area contributed by atoms with Crippen molar-refractivity contribution in [1.82, 2.24) is 0 Å². The first-order valence-electron chi connectivity index (χ1n) is 6.76. The number of benzene rings is 2. The molecule has 0 nitrogen and oxygen atoms in total. The Kier molecular flexibility index (Phi) is 4.15. The second kappa shape index (κ2) is 6.02. The molecule has 0 saturated heterocycles. The molecule has 0 aliphatic carbocycles. The number of hydrogen-bond acceptors (Lipinski definition) is 1. The highest BCUT2D eigenvalue weighted by atomic mass is 35.5. The summed E-state index contributed by atoms with van der Waals surface area (Å²) in [6, 6.07) is 19.1. The third-order valence-electron chi connectivity index (χ3n) is 3.62. The molecule has 0 fully saturated rings. The average molecular weight is 289 g/mol. The van der Waals surface area contributed by atoms with Crippen LogP contribution in [0.2, 0.25) is 0 Å². The molecule has 1 aliphatic heterocycles. The fraction of sp³-hybridized carbons (Fsp3) is 0.294. The fourth-order valence-electron chi connectivity index (χ4n) is 2.58. The molecule has 2 heteroatoms. The maximum absolute atomic E-state index is 6.49. The zero-order chi connectivity index (χ0) is 13.1. The van der Waals surface area contributed by atoms with Crippen molar-refractivity contribution in [3.05, 3.63) is 65.7 Å². The molecule has 0 radical (unpaired) electrons. The van der Waals surface area contributed by atoms with Crippen LogP contribution in [-0.4, -0.2) is 5.25 Å². The van der Waals surface area contributed by atoms with Crippen molar-refractivity contribution < 1.29 is 0 Å². The first-order chi connectivity index (χ1) is 9.33. The van der Waals surface area contributed by atoms with Gasteiger partial charge in [0.1, 0.15) is 0 Å². The SMILES string of the molecule is ClC(CCC1Cc2ccccc2S1)c1ccccc1. The van der Waals surface area contributed by atoms with Gasteiger partial charge >= 0.3 is 0 Å². The van der Waals surface area contributed by atoms with E-state index in [0.29, 0.717) is 5.25 Å². The van der Waals surface area contributed by atoms with Crippen molar-refractivity contribution in [2.75, 3.05) is 0 Å². The highest BCUT2D eigenvalue weighted by molar-refractivity contribution is 8.00. The molecule has 0 amide bonds. The van der Waals surface area contributed by atoms with Crippen LogP contribution < -0.4 is 0 Å². The van der Waals surface area contributed by atoms with Crippen LogP contribution in [0.25, 0.3) is 0 Å². The maximum Gasteiger partial charge on any atom is 0.0585 e. The minimum Gasteiger partial charge on any atom is -0.122 e. The molecule has 98 valence electrons. The summed E-state index contributed by atoms with van der Waals surface area (Å²) in [6.07, 6.45) is 3.43. The number of fused-ring (bicyclic) bond motifs is 1. The largest absolute Gasteiger partial charge is 0.122 e. The maximum atomic E-state index is 6.49. The summed E-state index contributed by atoms with van der Waals surface area (Å²) in [4.78, 5) is 1.46. The van der Waals surface area contributed by atoms with Gasteiger partial charge in [-0.2, -0.15) is 0 Å². The highest BCUT2D eigenvalue weighted by Crippen LogP contribution is 2.40. The van der Waals surface area contributed by atoms with Gasteiger partial charge in [-0.05, 0) is 36.5 Å². The lowest BCUT2D eigenvalue weighted by Gasteiger charge is -2.13. The molecular formula is C17H17ClS. The Morgan fingerprint density at radius 3 is 2.58 bits per heavy atom. The van der Waals surface area contributed by atoms with Crippen LogP contribution in [0.3, 0.4) is 0 Å². The Bertz CT molecular complexity index is 513. The van der Waals surface area contributed by atoms with E-state index in [1.165, 1.54) is 28.9 Å². The number of rotatable bonds is 4. The highest BCUT2D eigenvalue weighted by Gasteiger charge is 2.22. The van der Waals surface area contributed by atoms with E-state index >= 15 is 0 Å². The topological polar surface area (TPSA) is 0 Å². The number of hydrogen-bond donors (Lipinski definition) is 0. The van der Waals surface area contributed by atoms with E-state index in [2.05, 4.69) is 48.5 Å². The van der Waals surface area contributed by atoms with Crippen molar-refractivity contribution in [1.29, 1.82) is 0 Å². The molecule has 0 saturated carbocycles. The molecule has 2 unspecified atom stereocenters. The Morgan fingerprint density at radius 1 is 1.05 bits per heavy atom. The smallest absolute Gasteiger partial charge is 0.0585 e. The monoisotopic (exact) mass is 288 g/mol. The first kappa shape index (κ1) is 13.1. The average Bonchev–Trinajstić information content (AvgIpc) is 2.88. The quantitative estimate of drug-likeness (QED) is 0.673. The molecule has 3 rings (SSSR count). The van der Waals surface area contributed by atoms with Crippen LogP contribution in [0.15, 0.2) is 59.5 Å². The normalized spacial score (nSPS) is 19.1. The van der Waals surface area contributed by atoms with Crippen molar-refractivity contribution >= 4 is 23.4 Å². The van der Waals surface area contributed by atoms with Gasteiger partial charge in [0.2, 0.25) is 0 Å². The van der Waals surface area contributed by atoms with Crippen LogP contribution >= 0.6 is 23.4 Å². The lowest BCUT2D eigenvalue weighted by molar-refractivity contribution is 0.686. The third kappa shape index (κ3) is 3.16. The molecule has 1 aliphatic rings. The fourth-order valence-corrected chi connectivity index (χ4v) is 4.18. The number of thioether (sulfide) groups is 1. The van der Waals surface area contributed by atoms with E-state index in [-0.39, 0.29) is 5.38 Å². The Balaban J connectivity index is 1.55. The summed E-state index contributed by atoms with van der Waals surface area (Å²) in [5, 5.41) is 0.841. The molecule has 0 bridgehead atoms. The summed E-state index contributed by atoms with van der Waals surface area (Å²) < 4.78 is 0. The summed E-state index contributed by atoms with van der Waals surface area (Å²) in [7, 11) is 0. The predicted octanol–water partition coefficient (Wildman–Crippen LogP) is 5.46. The van der Waals surface area contributed by atoms with Gasteiger partial charge in [-0.25, -0.2) is 0 Å². The van der Waals surface area contributed by atoms with Crippen molar-refractivity contribution in [2.24, 2.45) is 0 Å². The van der Waals surface area contributed by atoms with Gasteiger partial charge in [0.25, 0.3) is 0 Å². The lowest BCUT2D eigenvalue weighted by atomic mass is 10.0. The molecule has 2 atom stereocenters. The number of alkyl halides is 1. The van der Waals surface area contributed by atoms with Gasteiger partial charge in [-0.15, -0.1) is 23.4 Å². The number of halogens is 1. The van der Waals surface area contributed by atoms with Crippen LogP contribution in [0.1, 0.15) is 29.3 Å². The van der Waals surface area contributed by atoms with E-state index in [9.17, 15) is 0 Å². The van der Waals surface area contributed by atoms with E-state index < -0.39 is 0 Å². The second-order valence-electron chi connectivity index (χ2n) is 5.01. The molecule has 1 heterocycles. The predicted molar refractivity (Wildman–Crippen MR) is 84.1 cm³/mol. The zero-order valence-corrected chi connectivity index (χ0v) is 12.3. The zero-order valence-electron chi connectivity index (χ0n) is 10.8. The van der Waals surface area contributed by atoms with Crippen molar-refractivity contribution in [2.45, 2.75) is 34.8 Å². The summed E-state index contributed by atoms with van der Waals surface area (Å²) >= 11 is 8.50. The minimum atomic E-state index is 0.144. The first-order valence-corrected chi connectivity index (χ1v) is 8.08. The van der Waals surface area contributed by atoms with Gasteiger partial charge in [-0.1, -0.05) is 48.5 Å².